The Hall–Kier alpha value is -3.15. The van der Waals surface area contributed by atoms with E-state index < -0.39 is 0 Å². The Bertz CT molecular complexity index is 993. The molecule has 1 amide bonds. The molecular formula is C22H24N4O2. The number of piperidine rings is 1. The molecule has 2 aromatic heterocycles. The minimum absolute atomic E-state index is 0.0724. The van der Waals surface area contributed by atoms with Crippen LogP contribution in [0.1, 0.15) is 30.9 Å². The van der Waals surface area contributed by atoms with Crippen LogP contribution in [-0.4, -0.2) is 38.7 Å². The number of nitrogens with zero attached hydrogens (tertiary/aromatic N) is 3. The number of nitrogens with one attached hydrogen (secondary N) is 1. The molecule has 3 heterocycles. The average Bonchev–Trinajstić information content (AvgIpc) is 3.24. The Morgan fingerprint density at radius 2 is 1.96 bits per heavy atom. The molecule has 3 aromatic rings. The van der Waals surface area contributed by atoms with Gasteiger partial charge in [-0.2, -0.15) is 5.10 Å². The van der Waals surface area contributed by atoms with Crippen LogP contribution in [0.15, 0.2) is 65.7 Å². The summed E-state index contributed by atoms with van der Waals surface area (Å²) in [5.74, 6) is 0.344. The summed E-state index contributed by atoms with van der Waals surface area (Å²) in [6.07, 6.45) is 5.93. The number of rotatable bonds is 5. The maximum Gasteiger partial charge on any atom is 0.250 e. The summed E-state index contributed by atoms with van der Waals surface area (Å²) in [6, 6.07) is 15.3. The molecule has 0 aliphatic carbocycles. The highest BCUT2D eigenvalue weighted by atomic mass is 16.2. The Morgan fingerprint density at radius 1 is 1.14 bits per heavy atom. The third kappa shape index (κ3) is 3.91. The normalized spacial score (nSPS) is 16.9. The van der Waals surface area contributed by atoms with Gasteiger partial charge in [0.15, 0.2) is 0 Å². The van der Waals surface area contributed by atoms with Crippen LogP contribution >= 0.6 is 0 Å². The zero-order valence-electron chi connectivity index (χ0n) is 15.8. The molecule has 0 bridgehead atoms. The number of hydrogen-bond acceptors (Lipinski definition) is 3. The molecule has 6 heteroatoms. The van der Waals surface area contributed by atoms with Gasteiger partial charge in [0.2, 0.25) is 5.91 Å². The van der Waals surface area contributed by atoms with Gasteiger partial charge in [-0.05, 0) is 24.5 Å². The van der Waals surface area contributed by atoms with Gasteiger partial charge in [-0.25, -0.2) is 0 Å². The average molecular weight is 376 g/mol. The molecule has 1 N–H and O–H groups in total. The van der Waals surface area contributed by atoms with E-state index in [-0.39, 0.29) is 17.4 Å². The van der Waals surface area contributed by atoms with Gasteiger partial charge in [0.05, 0.1) is 6.20 Å². The lowest BCUT2D eigenvalue weighted by Gasteiger charge is -2.33. The van der Waals surface area contributed by atoms with E-state index in [0.717, 1.165) is 36.2 Å². The molecule has 1 aromatic carbocycles. The molecule has 1 saturated heterocycles. The maximum atomic E-state index is 12.7. The number of amides is 1. The number of carbonyl (C=O) groups is 1. The van der Waals surface area contributed by atoms with Gasteiger partial charge in [0.25, 0.3) is 5.56 Å². The maximum absolute atomic E-state index is 12.7. The SMILES string of the molecule is O=C(CCn1ccccc1=O)N1CCC[C@H](c2[nH]ncc2-c2ccccc2)C1. The van der Waals surface area contributed by atoms with Crippen molar-refractivity contribution in [1.29, 1.82) is 0 Å². The minimum Gasteiger partial charge on any atom is -0.342 e. The summed E-state index contributed by atoms with van der Waals surface area (Å²) in [6.45, 7) is 1.87. The van der Waals surface area contributed by atoms with E-state index in [9.17, 15) is 9.59 Å². The van der Waals surface area contributed by atoms with Gasteiger partial charge in [0.1, 0.15) is 0 Å². The highest BCUT2D eigenvalue weighted by Gasteiger charge is 2.27. The Balaban J connectivity index is 1.44. The number of likely N-dealkylation sites (tertiary alicyclic amines) is 1. The second-order valence-corrected chi connectivity index (χ2v) is 7.22. The fourth-order valence-corrected chi connectivity index (χ4v) is 3.91. The second-order valence-electron chi connectivity index (χ2n) is 7.22. The van der Waals surface area contributed by atoms with Gasteiger partial charge < -0.3 is 9.47 Å². The number of aryl methyl sites for hydroxylation is 1. The van der Waals surface area contributed by atoms with Gasteiger partial charge >= 0.3 is 0 Å². The highest BCUT2D eigenvalue weighted by Crippen LogP contribution is 2.33. The molecule has 1 atom stereocenters. The number of carbonyl (C=O) groups excluding carboxylic acids is 1. The summed E-state index contributed by atoms with van der Waals surface area (Å²) in [4.78, 5) is 26.5. The molecule has 0 spiro atoms. The van der Waals surface area contributed by atoms with Crippen molar-refractivity contribution in [1.82, 2.24) is 19.7 Å². The topological polar surface area (TPSA) is 71.0 Å². The molecule has 1 fully saturated rings. The van der Waals surface area contributed by atoms with Crippen molar-refractivity contribution in [2.75, 3.05) is 13.1 Å². The van der Waals surface area contributed by atoms with Gasteiger partial charge in [-0.1, -0.05) is 36.4 Å². The Kier molecular flexibility index (Phi) is 5.37. The van der Waals surface area contributed by atoms with Crippen molar-refractivity contribution in [3.05, 3.63) is 77.0 Å². The van der Waals surface area contributed by atoms with E-state index in [0.29, 0.717) is 19.5 Å². The zero-order chi connectivity index (χ0) is 19.3. The summed E-state index contributed by atoms with van der Waals surface area (Å²) < 4.78 is 1.59. The molecule has 28 heavy (non-hydrogen) atoms. The molecule has 1 aliphatic heterocycles. The van der Waals surface area contributed by atoms with Crippen LogP contribution in [-0.2, 0) is 11.3 Å². The van der Waals surface area contributed by atoms with Crippen molar-refractivity contribution >= 4 is 5.91 Å². The fourth-order valence-electron chi connectivity index (χ4n) is 3.91. The molecule has 0 unspecified atom stereocenters. The molecule has 6 nitrogen and oxygen atoms in total. The summed E-state index contributed by atoms with van der Waals surface area (Å²) >= 11 is 0. The van der Waals surface area contributed by atoms with Crippen LogP contribution in [0.3, 0.4) is 0 Å². The van der Waals surface area contributed by atoms with Crippen molar-refractivity contribution in [2.45, 2.75) is 31.7 Å². The van der Waals surface area contributed by atoms with E-state index in [2.05, 4.69) is 22.3 Å². The van der Waals surface area contributed by atoms with E-state index in [4.69, 9.17) is 0 Å². The first kappa shape index (κ1) is 18.2. The molecular weight excluding hydrogens is 352 g/mol. The number of hydrogen-bond donors (Lipinski definition) is 1. The number of pyridine rings is 1. The quantitative estimate of drug-likeness (QED) is 0.744. The van der Waals surface area contributed by atoms with Crippen LogP contribution in [0.2, 0.25) is 0 Å². The van der Waals surface area contributed by atoms with Gasteiger partial charge in [-0.3, -0.25) is 14.7 Å². The number of benzene rings is 1. The van der Waals surface area contributed by atoms with Crippen LogP contribution in [0, 0.1) is 0 Å². The second kappa shape index (κ2) is 8.25. The predicted molar refractivity (Wildman–Crippen MR) is 108 cm³/mol. The van der Waals surface area contributed by atoms with Crippen LogP contribution in [0.4, 0.5) is 0 Å². The van der Waals surface area contributed by atoms with Crippen LogP contribution in [0.5, 0.6) is 0 Å². The lowest BCUT2D eigenvalue weighted by atomic mass is 9.90. The van der Waals surface area contributed by atoms with E-state index in [1.807, 2.05) is 35.4 Å². The first-order chi connectivity index (χ1) is 13.7. The molecule has 144 valence electrons. The van der Waals surface area contributed by atoms with Gasteiger partial charge in [0, 0.05) is 55.5 Å². The fraction of sp³-hybridized carbons (Fsp3) is 0.318. The third-order valence-electron chi connectivity index (χ3n) is 5.40. The molecule has 0 radical (unpaired) electrons. The Labute approximate surface area is 163 Å². The van der Waals surface area contributed by atoms with Crippen LogP contribution < -0.4 is 5.56 Å². The van der Waals surface area contributed by atoms with Crippen molar-refractivity contribution < 1.29 is 4.79 Å². The van der Waals surface area contributed by atoms with Crippen LogP contribution in [0.25, 0.3) is 11.1 Å². The first-order valence-electron chi connectivity index (χ1n) is 9.74. The summed E-state index contributed by atoms with van der Waals surface area (Å²) in [7, 11) is 0. The molecule has 0 saturated carbocycles. The number of aromatic nitrogens is 3. The highest BCUT2D eigenvalue weighted by molar-refractivity contribution is 5.76. The monoisotopic (exact) mass is 376 g/mol. The lowest BCUT2D eigenvalue weighted by molar-refractivity contribution is -0.132. The van der Waals surface area contributed by atoms with Crippen molar-refractivity contribution in [2.24, 2.45) is 0 Å². The largest absolute Gasteiger partial charge is 0.342 e. The zero-order valence-corrected chi connectivity index (χ0v) is 15.8. The first-order valence-corrected chi connectivity index (χ1v) is 9.74. The van der Waals surface area contributed by atoms with E-state index >= 15 is 0 Å². The van der Waals surface area contributed by atoms with E-state index in [1.54, 1.807) is 16.8 Å². The van der Waals surface area contributed by atoms with Crippen molar-refractivity contribution in [3.63, 3.8) is 0 Å². The summed E-state index contributed by atoms with van der Waals surface area (Å²) in [5, 5.41) is 7.43. The van der Waals surface area contributed by atoms with E-state index in [1.165, 1.54) is 6.07 Å². The van der Waals surface area contributed by atoms with Crippen molar-refractivity contribution in [3.8, 4) is 11.1 Å². The third-order valence-corrected chi connectivity index (χ3v) is 5.40. The van der Waals surface area contributed by atoms with Gasteiger partial charge in [-0.15, -0.1) is 0 Å². The molecule has 1 aliphatic rings. The predicted octanol–water partition coefficient (Wildman–Crippen LogP) is 3.03. The minimum atomic E-state index is -0.0724. The Morgan fingerprint density at radius 3 is 2.79 bits per heavy atom. The summed E-state index contributed by atoms with van der Waals surface area (Å²) in [5.41, 5.74) is 3.27. The lowest BCUT2D eigenvalue weighted by Crippen LogP contribution is -2.40. The standard InChI is InChI=1S/C22H24N4O2/c27-20-10-4-5-12-25(20)14-11-21(28)26-13-6-9-18(16-26)22-19(15-23-24-22)17-7-2-1-3-8-17/h1-5,7-8,10,12,15,18H,6,9,11,13-14,16H2,(H,23,24)/t18-/m0/s1. The smallest absolute Gasteiger partial charge is 0.250 e. The molecule has 4 rings (SSSR count). The number of aromatic amines is 1. The number of H-pyrrole nitrogens is 1.